The summed E-state index contributed by atoms with van der Waals surface area (Å²) in [5.41, 5.74) is 0. The van der Waals surface area contributed by atoms with Crippen LogP contribution in [0.4, 0.5) is 0 Å². The summed E-state index contributed by atoms with van der Waals surface area (Å²) in [7, 11) is 0. The lowest BCUT2D eigenvalue weighted by Crippen LogP contribution is -1.96. The second-order valence-corrected chi connectivity index (χ2v) is 1.95. The fourth-order valence-corrected chi connectivity index (χ4v) is 0.316. The van der Waals surface area contributed by atoms with Gasteiger partial charge in [0, 0.05) is 0 Å². The Balaban J connectivity index is 3.10. The van der Waals surface area contributed by atoms with Gasteiger partial charge in [0.1, 0.15) is 0 Å². The molecule has 0 aliphatic heterocycles. The van der Waals surface area contributed by atoms with Crippen molar-refractivity contribution in [1.29, 1.82) is 0 Å². The number of hydrogen-bond donors (Lipinski definition) is 1. The van der Waals surface area contributed by atoms with Gasteiger partial charge in [-0.3, -0.25) is 0 Å². The van der Waals surface area contributed by atoms with Crippen LogP contribution in [0.2, 0.25) is 0 Å². The molecule has 0 saturated heterocycles. The van der Waals surface area contributed by atoms with Crippen molar-refractivity contribution in [3.63, 3.8) is 0 Å². The Labute approximate surface area is 50.0 Å². The minimum atomic E-state index is 0.613. The zero-order valence-electron chi connectivity index (χ0n) is 5.46. The quantitative estimate of drug-likeness (QED) is 0.337. The molecule has 0 aliphatic rings. The van der Waals surface area contributed by atoms with E-state index in [4.69, 9.17) is 5.84 Å². The largest absolute Gasteiger partial charge is 0.305 e. The average Bonchev–Trinajstić information content (AvgIpc) is 1.83. The molecule has 48 valence electrons. The highest BCUT2D eigenvalue weighted by molar-refractivity contribution is 4.49. The molecule has 0 aromatic rings. The first-order chi connectivity index (χ1) is 3.81. The lowest BCUT2D eigenvalue weighted by molar-refractivity contribution is 0.560. The molecule has 0 fully saturated rings. The Kier molecular flexibility index (Phi) is 4.21. The maximum atomic E-state index is 4.79. The van der Waals surface area contributed by atoms with E-state index in [0.717, 1.165) is 13.0 Å². The van der Waals surface area contributed by atoms with E-state index >= 15 is 0 Å². The van der Waals surface area contributed by atoms with Crippen molar-refractivity contribution in [3.05, 3.63) is 0 Å². The molecule has 0 radical (unpaired) electrons. The van der Waals surface area contributed by atoms with Crippen LogP contribution < -0.4 is 5.84 Å². The van der Waals surface area contributed by atoms with Crippen LogP contribution in [0.3, 0.4) is 0 Å². The highest BCUT2D eigenvalue weighted by Gasteiger charge is 1.93. The smallest absolute Gasteiger partial charge is 0.0645 e. The highest BCUT2D eigenvalue weighted by atomic mass is 15.3. The van der Waals surface area contributed by atoms with Gasteiger partial charge in [-0.05, 0) is 5.92 Å². The summed E-state index contributed by atoms with van der Waals surface area (Å²) in [6, 6.07) is 0. The first-order valence-electron chi connectivity index (χ1n) is 2.88. The first-order valence-corrected chi connectivity index (χ1v) is 2.88. The van der Waals surface area contributed by atoms with E-state index in [1.165, 1.54) is 0 Å². The highest BCUT2D eigenvalue weighted by Crippen LogP contribution is 1.99. The summed E-state index contributed by atoms with van der Waals surface area (Å²) in [6.45, 7) is 5.00. The van der Waals surface area contributed by atoms with Gasteiger partial charge >= 0.3 is 0 Å². The number of nitrogens with zero attached hydrogens (tertiary/aromatic N) is 2. The second kappa shape index (κ2) is 4.56. The van der Waals surface area contributed by atoms with Crippen LogP contribution in [0, 0.1) is 5.92 Å². The van der Waals surface area contributed by atoms with Gasteiger partial charge in [-0.2, -0.15) is 5.11 Å². The van der Waals surface area contributed by atoms with E-state index in [9.17, 15) is 0 Å². The Hall–Kier alpha value is -0.600. The third-order valence-electron chi connectivity index (χ3n) is 1.17. The van der Waals surface area contributed by atoms with Gasteiger partial charge in [-0.15, -0.1) is 0 Å². The molecule has 0 aromatic carbocycles. The molecule has 0 amide bonds. The van der Waals surface area contributed by atoms with Gasteiger partial charge in [-0.1, -0.05) is 25.5 Å². The molecule has 8 heavy (non-hydrogen) atoms. The van der Waals surface area contributed by atoms with E-state index in [2.05, 4.69) is 24.2 Å². The summed E-state index contributed by atoms with van der Waals surface area (Å²) < 4.78 is 0. The molecule has 1 atom stereocenters. The minimum Gasteiger partial charge on any atom is -0.305 e. The van der Waals surface area contributed by atoms with Gasteiger partial charge in [0.2, 0.25) is 0 Å². The third-order valence-corrected chi connectivity index (χ3v) is 1.17. The van der Waals surface area contributed by atoms with Crippen molar-refractivity contribution in [1.82, 2.24) is 0 Å². The molecule has 0 spiro atoms. The van der Waals surface area contributed by atoms with E-state index in [-0.39, 0.29) is 0 Å². The van der Waals surface area contributed by atoms with Gasteiger partial charge in [0.15, 0.2) is 0 Å². The average molecular weight is 115 g/mol. The van der Waals surface area contributed by atoms with Crippen LogP contribution in [-0.4, -0.2) is 6.54 Å². The summed E-state index contributed by atoms with van der Waals surface area (Å²) >= 11 is 0. The van der Waals surface area contributed by atoms with Crippen LogP contribution >= 0.6 is 0 Å². The minimum absolute atomic E-state index is 0.613. The fraction of sp³-hybridized carbons (Fsp3) is 1.00. The molecule has 3 heteroatoms. The van der Waals surface area contributed by atoms with E-state index < -0.39 is 0 Å². The van der Waals surface area contributed by atoms with Crippen molar-refractivity contribution < 1.29 is 0 Å². The Bertz CT molecular complexity index is 70.1. The Morgan fingerprint density at radius 3 is 2.62 bits per heavy atom. The lowest BCUT2D eigenvalue weighted by atomic mass is 10.1. The predicted molar refractivity (Wildman–Crippen MR) is 33.4 cm³/mol. The summed E-state index contributed by atoms with van der Waals surface area (Å²) in [6.07, 6.45) is 1.14. The van der Waals surface area contributed by atoms with Crippen LogP contribution in [0.15, 0.2) is 10.3 Å². The third kappa shape index (κ3) is 3.59. The predicted octanol–water partition coefficient (Wildman–Crippen LogP) is 1.36. The van der Waals surface area contributed by atoms with Gasteiger partial charge in [0.05, 0.1) is 6.54 Å². The van der Waals surface area contributed by atoms with Crippen molar-refractivity contribution in [3.8, 4) is 0 Å². The molecule has 2 N–H and O–H groups in total. The fourth-order valence-electron chi connectivity index (χ4n) is 0.316. The molecule has 0 bridgehead atoms. The summed E-state index contributed by atoms with van der Waals surface area (Å²) in [5, 5.41) is 6.79. The van der Waals surface area contributed by atoms with Crippen LogP contribution in [0.1, 0.15) is 20.3 Å². The standard InChI is InChI=1S/C5H13N3/c1-3-5(2)4-7-8-6/h5H,3-4H2,1-2H3,(H2,6,7). The van der Waals surface area contributed by atoms with Crippen LogP contribution in [0.5, 0.6) is 0 Å². The maximum Gasteiger partial charge on any atom is 0.0645 e. The normalized spacial score (nSPS) is 14.8. The zero-order valence-corrected chi connectivity index (χ0v) is 5.46. The first kappa shape index (κ1) is 7.40. The van der Waals surface area contributed by atoms with E-state index in [1.807, 2.05) is 0 Å². The number of nitrogens with two attached hydrogens (primary N) is 1. The Morgan fingerprint density at radius 1 is 1.62 bits per heavy atom. The molecule has 1 unspecified atom stereocenters. The van der Waals surface area contributed by atoms with Crippen LogP contribution in [0.25, 0.3) is 0 Å². The molecule has 0 aromatic heterocycles. The second-order valence-electron chi connectivity index (χ2n) is 1.95. The maximum absolute atomic E-state index is 4.79. The van der Waals surface area contributed by atoms with Crippen molar-refractivity contribution in [2.24, 2.45) is 22.1 Å². The van der Waals surface area contributed by atoms with Gasteiger partial charge < -0.3 is 5.84 Å². The molecular formula is C5H13N3. The van der Waals surface area contributed by atoms with Gasteiger partial charge in [-0.25, -0.2) is 0 Å². The monoisotopic (exact) mass is 115 g/mol. The van der Waals surface area contributed by atoms with Gasteiger partial charge in [0.25, 0.3) is 0 Å². The molecule has 0 aliphatic carbocycles. The lowest BCUT2D eigenvalue weighted by Gasteiger charge is -1.99. The SMILES string of the molecule is CCC(C)CN=NN. The molecule has 0 rings (SSSR count). The zero-order chi connectivity index (χ0) is 6.41. The van der Waals surface area contributed by atoms with Crippen molar-refractivity contribution in [2.45, 2.75) is 20.3 Å². The Morgan fingerprint density at radius 2 is 2.25 bits per heavy atom. The number of hydrogen-bond acceptors (Lipinski definition) is 2. The molecule has 0 heterocycles. The number of rotatable bonds is 3. The molecular weight excluding hydrogens is 102 g/mol. The van der Waals surface area contributed by atoms with E-state index in [1.54, 1.807) is 0 Å². The van der Waals surface area contributed by atoms with E-state index in [0.29, 0.717) is 5.92 Å². The topological polar surface area (TPSA) is 50.7 Å². The summed E-state index contributed by atoms with van der Waals surface area (Å²) in [5.74, 6) is 5.40. The summed E-state index contributed by atoms with van der Waals surface area (Å²) in [4.78, 5) is 0. The molecule has 3 nitrogen and oxygen atoms in total. The molecule has 0 saturated carbocycles. The van der Waals surface area contributed by atoms with Crippen molar-refractivity contribution >= 4 is 0 Å². The van der Waals surface area contributed by atoms with Crippen LogP contribution in [-0.2, 0) is 0 Å². The van der Waals surface area contributed by atoms with Crippen molar-refractivity contribution in [2.75, 3.05) is 6.54 Å².